The molecule has 0 aliphatic carbocycles. The molecule has 2 aromatic carbocycles. The van der Waals surface area contributed by atoms with E-state index in [4.69, 9.17) is 15.2 Å². The number of amides is 2. The number of likely N-dealkylation sites (tertiary alicyclic amines) is 1. The molecule has 10 heteroatoms. The average Bonchev–Trinajstić information content (AvgIpc) is 2.82. The summed E-state index contributed by atoms with van der Waals surface area (Å²) in [7, 11) is -1.29. The fourth-order valence-corrected chi connectivity index (χ4v) is 5.47. The highest BCUT2D eigenvalue weighted by atomic mass is 32.2. The second-order valence-corrected chi connectivity index (χ2v) is 9.76. The van der Waals surface area contributed by atoms with Crippen molar-refractivity contribution in [2.24, 2.45) is 11.7 Å². The zero-order valence-electron chi connectivity index (χ0n) is 19.0. The second-order valence-electron chi connectivity index (χ2n) is 7.92. The first-order valence-electron chi connectivity index (χ1n) is 10.6. The summed E-state index contributed by atoms with van der Waals surface area (Å²) in [6.07, 6.45) is 0.914. The Hall–Kier alpha value is -3.27. The number of ether oxygens (including phenoxy) is 2. The minimum absolute atomic E-state index is 0.0342. The number of primary amides is 1. The molecule has 1 aliphatic heterocycles. The molecule has 2 aromatic rings. The number of carbonyl (C=O) groups is 2. The monoisotopic (exact) mass is 475 g/mol. The third-order valence-electron chi connectivity index (χ3n) is 5.76. The molecule has 33 heavy (non-hydrogen) atoms. The minimum Gasteiger partial charge on any atom is -0.497 e. The van der Waals surface area contributed by atoms with E-state index in [1.54, 1.807) is 48.2 Å². The van der Waals surface area contributed by atoms with Gasteiger partial charge in [-0.05, 0) is 49.6 Å². The number of hydrogen-bond acceptors (Lipinski definition) is 6. The second kappa shape index (κ2) is 10.1. The van der Waals surface area contributed by atoms with E-state index < -0.39 is 16.6 Å². The lowest BCUT2D eigenvalue weighted by molar-refractivity contribution is -0.133. The van der Waals surface area contributed by atoms with Gasteiger partial charge in [0, 0.05) is 25.1 Å². The molecule has 1 saturated heterocycles. The van der Waals surface area contributed by atoms with Gasteiger partial charge in [-0.25, -0.2) is 8.42 Å². The lowest BCUT2D eigenvalue weighted by Crippen LogP contribution is -2.47. The number of methoxy groups -OCH3 is 2. The standard InChI is InChI=1S/C23H29N3O6S/c1-16-7-8-20(32-3)21(13-16)33(29,30)26(18-5-4-6-19(14-18)31-2)15-22(27)25-11-9-17(10-12-25)23(24)28/h4-8,13-14,17H,9-12,15H2,1-3H3,(H2,24,28). The molecule has 1 heterocycles. The van der Waals surface area contributed by atoms with E-state index in [1.165, 1.54) is 20.3 Å². The molecule has 0 bridgehead atoms. The third kappa shape index (κ3) is 5.39. The molecule has 1 aliphatic rings. The van der Waals surface area contributed by atoms with Gasteiger partial charge in [0.05, 0.1) is 19.9 Å². The number of sulfonamides is 1. The lowest BCUT2D eigenvalue weighted by atomic mass is 9.96. The summed E-state index contributed by atoms with van der Waals surface area (Å²) in [5, 5.41) is 0. The number of carbonyl (C=O) groups excluding carboxylic acids is 2. The van der Waals surface area contributed by atoms with Crippen LogP contribution in [-0.2, 0) is 19.6 Å². The molecule has 9 nitrogen and oxygen atoms in total. The lowest BCUT2D eigenvalue weighted by Gasteiger charge is -2.33. The number of nitrogens with two attached hydrogens (primary N) is 1. The van der Waals surface area contributed by atoms with Crippen LogP contribution in [0.4, 0.5) is 5.69 Å². The van der Waals surface area contributed by atoms with Crippen LogP contribution in [0.3, 0.4) is 0 Å². The summed E-state index contributed by atoms with van der Waals surface area (Å²) >= 11 is 0. The summed E-state index contributed by atoms with van der Waals surface area (Å²) in [6, 6.07) is 11.4. The van der Waals surface area contributed by atoms with Crippen molar-refractivity contribution < 1.29 is 27.5 Å². The van der Waals surface area contributed by atoms with Crippen molar-refractivity contribution in [1.82, 2.24) is 4.90 Å². The highest BCUT2D eigenvalue weighted by Crippen LogP contribution is 2.32. The van der Waals surface area contributed by atoms with Gasteiger partial charge >= 0.3 is 0 Å². The van der Waals surface area contributed by atoms with Gasteiger partial charge in [0.25, 0.3) is 10.0 Å². The average molecular weight is 476 g/mol. The maximum atomic E-state index is 13.8. The van der Waals surface area contributed by atoms with Crippen LogP contribution >= 0.6 is 0 Å². The minimum atomic E-state index is -4.17. The summed E-state index contributed by atoms with van der Waals surface area (Å²) in [5.41, 5.74) is 6.41. The van der Waals surface area contributed by atoms with E-state index in [-0.39, 0.29) is 28.4 Å². The van der Waals surface area contributed by atoms with Gasteiger partial charge in [-0.3, -0.25) is 13.9 Å². The fourth-order valence-electron chi connectivity index (χ4n) is 3.82. The van der Waals surface area contributed by atoms with Gasteiger partial charge in [-0.1, -0.05) is 12.1 Å². The van der Waals surface area contributed by atoms with Crippen molar-refractivity contribution in [3.63, 3.8) is 0 Å². The molecule has 2 amide bonds. The number of aryl methyl sites for hydroxylation is 1. The number of piperidine rings is 1. The Balaban J connectivity index is 1.98. The molecule has 0 aromatic heterocycles. The van der Waals surface area contributed by atoms with E-state index >= 15 is 0 Å². The predicted molar refractivity (Wildman–Crippen MR) is 124 cm³/mol. The Kier molecular flexibility index (Phi) is 7.47. The quantitative estimate of drug-likeness (QED) is 0.623. The first kappa shape index (κ1) is 24.4. The third-order valence-corrected chi connectivity index (χ3v) is 7.55. The molecule has 0 spiro atoms. The Bertz CT molecular complexity index is 1130. The van der Waals surface area contributed by atoms with Gasteiger partial charge in [-0.2, -0.15) is 0 Å². The number of anilines is 1. The van der Waals surface area contributed by atoms with Crippen molar-refractivity contribution in [1.29, 1.82) is 0 Å². The normalized spacial score (nSPS) is 14.6. The fraction of sp³-hybridized carbons (Fsp3) is 0.391. The predicted octanol–water partition coefficient (Wildman–Crippen LogP) is 1.93. The molecular formula is C23H29N3O6S. The zero-order chi connectivity index (χ0) is 24.2. The van der Waals surface area contributed by atoms with Crippen molar-refractivity contribution in [3.05, 3.63) is 48.0 Å². The number of hydrogen-bond donors (Lipinski definition) is 1. The zero-order valence-corrected chi connectivity index (χ0v) is 19.8. The molecule has 178 valence electrons. The Morgan fingerprint density at radius 3 is 2.39 bits per heavy atom. The van der Waals surface area contributed by atoms with Crippen LogP contribution in [0.2, 0.25) is 0 Å². The van der Waals surface area contributed by atoms with E-state index in [2.05, 4.69) is 0 Å². The van der Waals surface area contributed by atoms with E-state index in [9.17, 15) is 18.0 Å². The highest BCUT2D eigenvalue weighted by molar-refractivity contribution is 7.93. The summed E-state index contributed by atoms with van der Waals surface area (Å²) in [5.74, 6) is -0.379. The summed E-state index contributed by atoms with van der Waals surface area (Å²) < 4.78 is 39.2. The topological polar surface area (TPSA) is 119 Å². The molecule has 1 fully saturated rings. The van der Waals surface area contributed by atoms with Crippen LogP contribution < -0.4 is 19.5 Å². The number of nitrogens with zero attached hydrogens (tertiary/aromatic N) is 2. The van der Waals surface area contributed by atoms with Crippen molar-refractivity contribution in [3.8, 4) is 11.5 Å². The van der Waals surface area contributed by atoms with Crippen LogP contribution in [0.5, 0.6) is 11.5 Å². The Labute approximate surface area is 194 Å². The van der Waals surface area contributed by atoms with E-state index in [0.717, 1.165) is 9.87 Å². The highest BCUT2D eigenvalue weighted by Gasteiger charge is 2.33. The molecule has 3 rings (SSSR count). The van der Waals surface area contributed by atoms with Crippen molar-refractivity contribution in [2.75, 3.05) is 38.2 Å². The van der Waals surface area contributed by atoms with Crippen LogP contribution in [0.1, 0.15) is 18.4 Å². The molecule has 0 atom stereocenters. The maximum absolute atomic E-state index is 13.8. The first-order chi connectivity index (χ1) is 15.7. The summed E-state index contributed by atoms with van der Waals surface area (Å²) in [6.45, 7) is 2.05. The van der Waals surface area contributed by atoms with Crippen molar-refractivity contribution in [2.45, 2.75) is 24.7 Å². The Morgan fingerprint density at radius 1 is 1.09 bits per heavy atom. The molecule has 0 unspecified atom stereocenters. The van der Waals surface area contributed by atoms with Crippen LogP contribution in [0.15, 0.2) is 47.4 Å². The Morgan fingerprint density at radius 2 is 1.79 bits per heavy atom. The molecule has 0 radical (unpaired) electrons. The summed E-state index contributed by atoms with van der Waals surface area (Å²) in [4.78, 5) is 26.1. The van der Waals surface area contributed by atoms with Gasteiger partial charge in [-0.15, -0.1) is 0 Å². The molecular weight excluding hydrogens is 446 g/mol. The number of rotatable bonds is 8. The first-order valence-corrected chi connectivity index (χ1v) is 12.0. The van der Waals surface area contributed by atoms with Crippen LogP contribution in [0, 0.1) is 12.8 Å². The molecule has 2 N–H and O–H groups in total. The SMILES string of the molecule is COc1cccc(N(CC(=O)N2CCC(C(N)=O)CC2)S(=O)(=O)c2cc(C)ccc2OC)c1. The van der Waals surface area contributed by atoms with Gasteiger partial charge in [0.15, 0.2) is 0 Å². The largest absolute Gasteiger partial charge is 0.497 e. The maximum Gasteiger partial charge on any atom is 0.268 e. The van der Waals surface area contributed by atoms with E-state index in [0.29, 0.717) is 37.4 Å². The smallest absolute Gasteiger partial charge is 0.268 e. The van der Waals surface area contributed by atoms with Crippen LogP contribution in [0.25, 0.3) is 0 Å². The van der Waals surface area contributed by atoms with Crippen molar-refractivity contribution >= 4 is 27.5 Å². The van der Waals surface area contributed by atoms with Gasteiger partial charge < -0.3 is 20.1 Å². The number of benzene rings is 2. The molecule has 0 saturated carbocycles. The van der Waals surface area contributed by atoms with Crippen LogP contribution in [-0.4, -0.2) is 59.0 Å². The van der Waals surface area contributed by atoms with E-state index in [1.807, 2.05) is 0 Å². The van der Waals surface area contributed by atoms with Gasteiger partial charge in [0.2, 0.25) is 11.8 Å². The van der Waals surface area contributed by atoms with Gasteiger partial charge in [0.1, 0.15) is 22.9 Å².